The first kappa shape index (κ1) is 18.1. The van der Waals surface area contributed by atoms with Gasteiger partial charge in [-0.25, -0.2) is 18.2 Å². The number of para-hydroxylation sites is 1. The van der Waals surface area contributed by atoms with Crippen molar-refractivity contribution in [1.29, 1.82) is 0 Å². The lowest BCUT2D eigenvalue weighted by molar-refractivity contribution is 0.0696. The lowest BCUT2D eigenvalue weighted by Crippen LogP contribution is -2.37. The van der Waals surface area contributed by atoms with Crippen molar-refractivity contribution in [2.75, 3.05) is 13.1 Å². The molecule has 0 bridgehead atoms. The van der Waals surface area contributed by atoms with Crippen molar-refractivity contribution in [3.05, 3.63) is 59.1 Å². The average Bonchev–Trinajstić information content (AvgIpc) is 3.12. The van der Waals surface area contributed by atoms with Gasteiger partial charge in [0.15, 0.2) is 0 Å². The van der Waals surface area contributed by atoms with E-state index in [-0.39, 0.29) is 16.4 Å². The first-order valence-electron chi connectivity index (χ1n) is 8.64. The highest BCUT2D eigenvalue weighted by molar-refractivity contribution is 7.89. The summed E-state index contributed by atoms with van der Waals surface area (Å²) in [5, 5.41) is 10.0. The zero-order valence-corrected chi connectivity index (χ0v) is 16.0. The van der Waals surface area contributed by atoms with E-state index in [0.29, 0.717) is 13.1 Å². The number of thiazole rings is 1. The molecule has 0 atom stereocenters. The average molecular weight is 402 g/mol. The third-order valence-electron chi connectivity index (χ3n) is 4.85. The summed E-state index contributed by atoms with van der Waals surface area (Å²) in [5.74, 6) is -0.807. The predicted molar refractivity (Wildman–Crippen MR) is 104 cm³/mol. The molecule has 0 amide bonds. The van der Waals surface area contributed by atoms with Crippen molar-refractivity contribution in [2.45, 2.75) is 23.7 Å². The van der Waals surface area contributed by atoms with E-state index >= 15 is 0 Å². The summed E-state index contributed by atoms with van der Waals surface area (Å²) >= 11 is 1.68. The Morgan fingerprint density at radius 2 is 1.74 bits per heavy atom. The van der Waals surface area contributed by atoms with Crippen LogP contribution in [0.1, 0.15) is 34.1 Å². The molecule has 0 spiro atoms. The quantitative estimate of drug-likeness (QED) is 0.721. The number of aromatic nitrogens is 1. The van der Waals surface area contributed by atoms with Gasteiger partial charge in [0.2, 0.25) is 10.0 Å². The van der Waals surface area contributed by atoms with Crippen LogP contribution in [0.2, 0.25) is 0 Å². The summed E-state index contributed by atoms with van der Waals surface area (Å²) in [5.41, 5.74) is 1.06. The molecular weight excluding hydrogens is 384 g/mol. The van der Waals surface area contributed by atoms with Crippen molar-refractivity contribution < 1.29 is 18.3 Å². The van der Waals surface area contributed by atoms with Crippen LogP contribution in [0.3, 0.4) is 0 Å². The number of carbonyl (C=O) groups is 1. The standard InChI is InChI=1S/C19H18N2O4S2/c22-19(23)14-5-7-15(8-6-14)27(24,25)21-11-9-13(10-12-21)18-20-16-3-1-2-4-17(16)26-18/h1-8,13H,9-12H2,(H,22,23). The summed E-state index contributed by atoms with van der Waals surface area (Å²) < 4.78 is 28.3. The van der Waals surface area contributed by atoms with E-state index < -0.39 is 16.0 Å². The van der Waals surface area contributed by atoms with E-state index in [1.807, 2.05) is 18.2 Å². The van der Waals surface area contributed by atoms with E-state index in [1.165, 1.54) is 28.6 Å². The molecular formula is C19H18N2O4S2. The summed E-state index contributed by atoms with van der Waals surface area (Å²) in [6.45, 7) is 0.868. The molecule has 0 aliphatic carbocycles. The largest absolute Gasteiger partial charge is 0.478 e. The Balaban J connectivity index is 1.48. The van der Waals surface area contributed by atoms with Gasteiger partial charge in [-0.2, -0.15) is 4.31 Å². The number of sulfonamides is 1. The van der Waals surface area contributed by atoms with Gasteiger partial charge in [-0.1, -0.05) is 12.1 Å². The molecule has 4 rings (SSSR count). The van der Waals surface area contributed by atoms with Crippen LogP contribution in [0.5, 0.6) is 0 Å². The minimum Gasteiger partial charge on any atom is -0.478 e. The number of hydrogen-bond acceptors (Lipinski definition) is 5. The van der Waals surface area contributed by atoms with Crippen LogP contribution in [-0.2, 0) is 10.0 Å². The van der Waals surface area contributed by atoms with Gasteiger partial charge in [0.1, 0.15) is 0 Å². The summed E-state index contributed by atoms with van der Waals surface area (Å²) in [7, 11) is -3.61. The Labute approximate surface area is 161 Å². The predicted octanol–water partition coefficient (Wildman–Crippen LogP) is 3.56. The number of aromatic carboxylic acids is 1. The van der Waals surface area contributed by atoms with Crippen LogP contribution in [0.4, 0.5) is 0 Å². The van der Waals surface area contributed by atoms with Gasteiger partial charge in [0.05, 0.1) is 25.7 Å². The smallest absolute Gasteiger partial charge is 0.335 e. The SMILES string of the molecule is O=C(O)c1ccc(S(=O)(=O)N2CCC(c3nc4ccccc4s3)CC2)cc1. The summed E-state index contributed by atoms with van der Waals surface area (Å²) in [6, 6.07) is 13.4. The number of fused-ring (bicyclic) bond motifs is 1. The fourth-order valence-electron chi connectivity index (χ4n) is 3.33. The highest BCUT2D eigenvalue weighted by atomic mass is 32.2. The molecule has 1 aliphatic heterocycles. The number of carboxylic acid groups (broad SMARTS) is 1. The first-order valence-corrected chi connectivity index (χ1v) is 10.9. The molecule has 27 heavy (non-hydrogen) atoms. The lowest BCUT2D eigenvalue weighted by atomic mass is 9.99. The second-order valence-electron chi connectivity index (χ2n) is 6.53. The minimum absolute atomic E-state index is 0.0727. The highest BCUT2D eigenvalue weighted by Crippen LogP contribution is 2.35. The van der Waals surface area contributed by atoms with Crippen LogP contribution in [-0.4, -0.2) is 41.9 Å². The van der Waals surface area contributed by atoms with E-state index in [1.54, 1.807) is 11.3 Å². The van der Waals surface area contributed by atoms with Crippen LogP contribution in [0.15, 0.2) is 53.4 Å². The second kappa shape index (κ2) is 7.03. The molecule has 3 aromatic rings. The Bertz CT molecular complexity index is 1050. The maximum atomic E-state index is 12.8. The minimum atomic E-state index is -3.61. The van der Waals surface area contributed by atoms with Crippen molar-refractivity contribution in [2.24, 2.45) is 0 Å². The molecule has 1 fully saturated rings. The Hall–Kier alpha value is -2.29. The molecule has 0 radical (unpaired) electrons. The zero-order chi connectivity index (χ0) is 19.0. The van der Waals surface area contributed by atoms with Crippen molar-refractivity contribution in [3.63, 3.8) is 0 Å². The third kappa shape index (κ3) is 3.47. The third-order valence-corrected chi connectivity index (χ3v) is 7.96. The molecule has 1 N–H and O–H groups in total. The monoisotopic (exact) mass is 402 g/mol. The molecule has 8 heteroatoms. The van der Waals surface area contributed by atoms with E-state index in [2.05, 4.69) is 6.07 Å². The molecule has 6 nitrogen and oxygen atoms in total. The molecule has 1 saturated heterocycles. The number of nitrogens with zero attached hydrogens (tertiary/aromatic N) is 2. The van der Waals surface area contributed by atoms with Gasteiger partial charge in [-0.05, 0) is 49.2 Å². The molecule has 2 heterocycles. The zero-order valence-electron chi connectivity index (χ0n) is 14.4. The van der Waals surface area contributed by atoms with Crippen molar-refractivity contribution in [3.8, 4) is 0 Å². The molecule has 2 aromatic carbocycles. The normalized spacial score (nSPS) is 16.6. The van der Waals surface area contributed by atoms with Crippen LogP contribution in [0.25, 0.3) is 10.2 Å². The summed E-state index contributed by atoms with van der Waals surface area (Å²) in [6.07, 6.45) is 1.46. The number of rotatable bonds is 4. The topological polar surface area (TPSA) is 87.6 Å². The fraction of sp³-hybridized carbons (Fsp3) is 0.263. The van der Waals surface area contributed by atoms with Crippen LogP contribution < -0.4 is 0 Å². The number of hydrogen-bond donors (Lipinski definition) is 1. The number of carboxylic acids is 1. The van der Waals surface area contributed by atoms with Crippen molar-refractivity contribution in [1.82, 2.24) is 9.29 Å². The van der Waals surface area contributed by atoms with E-state index in [9.17, 15) is 13.2 Å². The molecule has 140 valence electrons. The Morgan fingerprint density at radius 1 is 1.07 bits per heavy atom. The Morgan fingerprint density at radius 3 is 2.37 bits per heavy atom. The molecule has 0 unspecified atom stereocenters. The van der Waals surface area contributed by atoms with Gasteiger partial charge < -0.3 is 5.11 Å². The summed E-state index contributed by atoms with van der Waals surface area (Å²) in [4.78, 5) is 15.8. The van der Waals surface area contributed by atoms with Gasteiger partial charge in [0, 0.05) is 19.0 Å². The van der Waals surface area contributed by atoms with Crippen LogP contribution >= 0.6 is 11.3 Å². The number of piperidine rings is 1. The highest BCUT2D eigenvalue weighted by Gasteiger charge is 2.31. The number of benzene rings is 2. The van der Waals surface area contributed by atoms with E-state index in [4.69, 9.17) is 10.1 Å². The van der Waals surface area contributed by atoms with Crippen LogP contribution in [0, 0.1) is 0 Å². The van der Waals surface area contributed by atoms with Gasteiger partial charge in [0.25, 0.3) is 0 Å². The molecule has 1 aliphatic rings. The fourth-order valence-corrected chi connectivity index (χ4v) is 5.93. The Kier molecular flexibility index (Phi) is 4.71. The second-order valence-corrected chi connectivity index (χ2v) is 9.53. The maximum Gasteiger partial charge on any atom is 0.335 e. The maximum absolute atomic E-state index is 12.8. The lowest BCUT2D eigenvalue weighted by Gasteiger charge is -2.30. The molecule has 1 aromatic heterocycles. The van der Waals surface area contributed by atoms with Gasteiger partial charge in [-0.3, -0.25) is 0 Å². The van der Waals surface area contributed by atoms with Gasteiger partial charge >= 0.3 is 5.97 Å². The van der Waals surface area contributed by atoms with Gasteiger partial charge in [-0.15, -0.1) is 11.3 Å². The van der Waals surface area contributed by atoms with Crippen molar-refractivity contribution >= 4 is 37.5 Å². The van der Waals surface area contributed by atoms with E-state index in [0.717, 1.165) is 28.1 Å². The molecule has 0 saturated carbocycles. The first-order chi connectivity index (χ1) is 12.9.